The van der Waals surface area contributed by atoms with Gasteiger partial charge in [0.15, 0.2) is 0 Å². The van der Waals surface area contributed by atoms with Crippen molar-refractivity contribution in [1.29, 1.82) is 0 Å². The van der Waals surface area contributed by atoms with Crippen LogP contribution in [-0.4, -0.2) is 9.38 Å². The molecule has 0 aromatic carbocycles. The van der Waals surface area contributed by atoms with Crippen LogP contribution in [-0.2, 0) is 6.54 Å². The standard InChI is InChI=1S/C12H17N3/c1-8(2)12-10(7-13)14-11-6-4-5-9(3)15(11)12/h4-6,8H,7,13H2,1-3H3. The second-order valence-corrected chi connectivity index (χ2v) is 4.16. The van der Waals surface area contributed by atoms with E-state index in [0.717, 1.165) is 11.3 Å². The third kappa shape index (κ3) is 1.53. The van der Waals surface area contributed by atoms with Crippen molar-refractivity contribution < 1.29 is 0 Å². The van der Waals surface area contributed by atoms with Crippen molar-refractivity contribution in [2.24, 2.45) is 5.73 Å². The molecule has 0 atom stereocenters. The van der Waals surface area contributed by atoms with Gasteiger partial charge in [-0.15, -0.1) is 0 Å². The Labute approximate surface area is 89.9 Å². The predicted octanol–water partition coefficient (Wildman–Crippen LogP) is 2.22. The first-order valence-electron chi connectivity index (χ1n) is 5.32. The molecule has 0 aliphatic rings. The highest BCUT2D eigenvalue weighted by Gasteiger charge is 2.14. The lowest BCUT2D eigenvalue weighted by Crippen LogP contribution is -2.05. The maximum absolute atomic E-state index is 5.73. The number of hydrogen-bond donors (Lipinski definition) is 1. The minimum atomic E-state index is 0.444. The number of nitrogens with zero attached hydrogens (tertiary/aromatic N) is 2. The minimum Gasteiger partial charge on any atom is -0.325 e. The van der Waals surface area contributed by atoms with Crippen LogP contribution >= 0.6 is 0 Å². The zero-order chi connectivity index (χ0) is 11.0. The SMILES string of the molecule is Cc1cccc2nc(CN)c(C(C)C)n12. The van der Waals surface area contributed by atoms with Crippen LogP contribution in [0.4, 0.5) is 0 Å². The lowest BCUT2D eigenvalue weighted by Gasteiger charge is -2.09. The summed E-state index contributed by atoms with van der Waals surface area (Å²) in [5.74, 6) is 0.444. The zero-order valence-corrected chi connectivity index (χ0v) is 9.49. The highest BCUT2D eigenvalue weighted by molar-refractivity contribution is 5.45. The Morgan fingerprint density at radius 2 is 2.13 bits per heavy atom. The Kier molecular flexibility index (Phi) is 2.49. The molecule has 15 heavy (non-hydrogen) atoms. The minimum absolute atomic E-state index is 0.444. The number of hydrogen-bond acceptors (Lipinski definition) is 2. The predicted molar refractivity (Wildman–Crippen MR) is 61.9 cm³/mol. The van der Waals surface area contributed by atoms with Crippen LogP contribution in [0, 0.1) is 6.92 Å². The average molecular weight is 203 g/mol. The van der Waals surface area contributed by atoms with Crippen LogP contribution in [0.25, 0.3) is 5.65 Å². The average Bonchev–Trinajstić information content (AvgIpc) is 2.57. The van der Waals surface area contributed by atoms with Gasteiger partial charge in [0, 0.05) is 17.9 Å². The van der Waals surface area contributed by atoms with Crippen LogP contribution in [0.5, 0.6) is 0 Å². The molecule has 0 saturated carbocycles. The number of aryl methyl sites for hydroxylation is 1. The van der Waals surface area contributed by atoms with E-state index in [-0.39, 0.29) is 0 Å². The monoisotopic (exact) mass is 203 g/mol. The van der Waals surface area contributed by atoms with Gasteiger partial charge in [-0.25, -0.2) is 4.98 Å². The number of aromatic nitrogens is 2. The summed E-state index contributed by atoms with van der Waals surface area (Å²) in [4.78, 5) is 4.55. The molecule has 0 unspecified atom stereocenters. The summed E-state index contributed by atoms with van der Waals surface area (Å²) in [7, 11) is 0. The van der Waals surface area contributed by atoms with Gasteiger partial charge in [0.05, 0.1) is 5.69 Å². The summed E-state index contributed by atoms with van der Waals surface area (Å²) < 4.78 is 2.20. The van der Waals surface area contributed by atoms with Gasteiger partial charge < -0.3 is 10.1 Å². The van der Waals surface area contributed by atoms with E-state index in [1.807, 2.05) is 12.1 Å². The van der Waals surface area contributed by atoms with Crippen LogP contribution in [0.2, 0.25) is 0 Å². The Morgan fingerprint density at radius 1 is 1.40 bits per heavy atom. The fourth-order valence-electron chi connectivity index (χ4n) is 2.07. The molecule has 0 aliphatic carbocycles. The van der Waals surface area contributed by atoms with Crippen LogP contribution < -0.4 is 5.73 Å². The molecular formula is C12H17N3. The van der Waals surface area contributed by atoms with Crippen molar-refractivity contribution in [3.8, 4) is 0 Å². The van der Waals surface area contributed by atoms with Gasteiger partial charge in [0.25, 0.3) is 0 Å². The van der Waals surface area contributed by atoms with Gasteiger partial charge in [-0.1, -0.05) is 19.9 Å². The number of imidazole rings is 1. The number of rotatable bonds is 2. The number of pyridine rings is 1. The summed E-state index contributed by atoms with van der Waals surface area (Å²) in [6.07, 6.45) is 0. The van der Waals surface area contributed by atoms with Crippen LogP contribution in [0.3, 0.4) is 0 Å². The summed E-state index contributed by atoms with van der Waals surface area (Å²) in [5, 5.41) is 0. The Balaban J connectivity index is 2.82. The quantitative estimate of drug-likeness (QED) is 0.813. The third-order valence-corrected chi connectivity index (χ3v) is 2.69. The summed E-state index contributed by atoms with van der Waals surface area (Å²) in [6.45, 7) is 6.96. The topological polar surface area (TPSA) is 43.3 Å². The van der Waals surface area contributed by atoms with Crippen LogP contribution in [0.1, 0.15) is 36.8 Å². The van der Waals surface area contributed by atoms with E-state index < -0.39 is 0 Å². The smallest absolute Gasteiger partial charge is 0.137 e. The van der Waals surface area contributed by atoms with Gasteiger partial charge in [-0.2, -0.15) is 0 Å². The maximum atomic E-state index is 5.73. The molecule has 0 aliphatic heterocycles. The maximum Gasteiger partial charge on any atom is 0.137 e. The lowest BCUT2D eigenvalue weighted by atomic mass is 10.1. The molecule has 0 spiro atoms. The van der Waals surface area contributed by atoms with E-state index in [4.69, 9.17) is 5.73 Å². The van der Waals surface area contributed by atoms with Crippen molar-refractivity contribution in [1.82, 2.24) is 9.38 Å². The normalized spacial score (nSPS) is 11.5. The van der Waals surface area contributed by atoms with Gasteiger partial charge in [-0.3, -0.25) is 0 Å². The molecule has 0 bridgehead atoms. The van der Waals surface area contributed by atoms with Crippen molar-refractivity contribution in [3.05, 3.63) is 35.3 Å². The fourth-order valence-corrected chi connectivity index (χ4v) is 2.07. The van der Waals surface area contributed by atoms with E-state index in [0.29, 0.717) is 12.5 Å². The first-order chi connectivity index (χ1) is 7.15. The molecule has 2 rings (SSSR count). The largest absolute Gasteiger partial charge is 0.325 e. The Morgan fingerprint density at radius 3 is 2.73 bits per heavy atom. The lowest BCUT2D eigenvalue weighted by molar-refractivity contribution is 0.776. The molecule has 2 heterocycles. The molecule has 0 saturated heterocycles. The number of fused-ring (bicyclic) bond motifs is 1. The van der Waals surface area contributed by atoms with Crippen molar-refractivity contribution in [3.63, 3.8) is 0 Å². The molecule has 0 amide bonds. The van der Waals surface area contributed by atoms with E-state index in [9.17, 15) is 0 Å². The van der Waals surface area contributed by atoms with Crippen molar-refractivity contribution in [2.75, 3.05) is 0 Å². The number of nitrogens with two attached hydrogens (primary N) is 1. The second-order valence-electron chi connectivity index (χ2n) is 4.16. The molecule has 2 aromatic heterocycles. The molecule has 3 heteroatoms. The Hall–Kier alpha value is -1.35. The highest BCUT2D eigenvalue weighted by Crippen LogP contribution is 2.22. The summed E-state index contributed by atoms with van der Waals surface area (Å²) in [6, 6.07) is 6.15. The van der Waals surface area contributed by atoms with Crippen molar-refractivity contribution in [2.45, 2.75) is 33.2 Å². The third-order valence-electron chi connectivity index (χ3n) is 2.69. The van der Waals surface area contributed by atoms with Gasteiger partial charge in [0.2, 0.25) is 0 Å². The summed E-state index contributed by atoms with van der Waals surface area (Å²) >= 11 is 0. The van der Waals surface area contributed by atoms with E-state index in [2.05, 4.69) is 36.2 Å². The van der Waals surface area contributed by atoms with Gasteiger partial charge in [0.1, 0.15) is 5.65 Å². The van der Waals surface area contributed by atoms with E-state index >= 15 is 0 Å². The fraction of sp³-hybridized carbons (Fsp3) is 0.417. The zero-order valence-electron chi connectivity index (χ0n) is 9.49. The first kappa shape index (κ1) is 10.2. The molecule has 2 N–H and O–H groups in total. The van der Waals surface area contributed by atoms with E-state index in [1.54, 1.807) is 0 Å². The highest BCUT2D eigenvalue weighted by atomic mass is 15.0. The Bertz CT molecular complexity index is 483. The first-order valence-corrected chi connectivity index (χ1v) is 5.32. The van der Waals surface area contributed by atoms with Crippen molar-refractivity contribution >= 4 is 5.65 Å². The molecule has 0 radical (unpaired) electrons. The second kappa shape index (κ2) is 3.66. The molecule has 2 aromatic rings. The summed E-state index contributed by atoms with van der Waals surface area (Å²) in [5.41, 5.74) is 10.2. The molecule has 3 nitrogen and oxygen atoms in total. The van der Waals surface area contributed by atoms with E-state index in [1.165, 1.54) is 11.4 Å². The van der Waals surface area contributed by atoms with Crippen LogP contribution in [0.15, 0.2) is 18.2 Å². The van der Waals surface area contributed by atoms with Gasteiger partial charge >= 0.3 is 0 Å². The molecular weight excluding hydrogens is 186 g/mol. The molecule has 0 fully saturated rings. The molecule has 80 valence electrons. The van der Waals surface area contributed by atoms with Gasteiger partial charge in [-0.05, 0) is 25.0 Å².